The molecule has 2 heterocycles. The lowest BCUT2D eigenvalue weighted by Gasteiger charge is -2.13. The molecule has 0 radical (unpaired) electrons. The molecule has 6 heteroatoms. The van der Waals surface area contributed by atoms with E-state index in [4.69, 9.17) is 9.97 Å². The fourth-order valence-electron chi connectivity index (χ4n) is 2.42. The zero-order chi connectivity index (χ0) is 14.8. The molecule has 0 unspecified atom stereocenters. The van der Waals surface area contributed by atoms with Crippen LogP contribution in [0.2, 0.25) is 0 Å². The Morgan fingerprint density at radius 1 is 1.33 bits per heavy atom. The van der Waals surface area contributed by atoms with E-state index in [1.807, 2.05) is 12.5 Å². The van der Waals surface area contributed by atoms with Gasteiger partial charge in [0.05, 0.1) is 21.8 Å². The van der Waals surface area contributed by atoms with Crippen molar-refractivity contribution in [2.45, 2.75) is 45.6 Å². The van der Waals surface area contributed by atoms with Crippen molar-refractivity contribution < 1.29 is 0 Å². The lowest BCUT2D eigenvalue weighted by molar-refractivity contribution is 0.741. The average molecular weight is 397 g/mol. The number of aryl methyl sites for hydroxylation is 1. The molecule has 2 aromatic heterocycles. The first kappa shape index (κ1) is 14.7. The summed E-state index contributed by atoms with van der Waals surface area (Å²) < 4.78 is 3.35. The molecule has 0 saturated heterocycles. The van der Waals surface area contributed by atoms with Gasteiger partial charge in [0, 0.05) is 12.6 Å². The molecule has 1 aliphatic rings. The average Bonchev–Trinajstić information content (AvgIpc) is 3.21. The van der Waals surface area contributed by atoms with Crippen molar-refractivity contribution in [3.05, 3.63) is 21.8 Å². The van der Waals surface area contributed by atoms with Crippen LogP contribution in [-0.4, -0.2) is 26.1 Å². The predicted molar refractivity (Wildman–Crippen MR) is 92.4 cm³/mol. The quantitative estimate of drug-likeness (QED) is 0.756. The molecule has 1 N–H and O–H groups in total. The van der Waals surface area contributed by atoms with Gasteiger partial charge in [-0.3, -0.25) is 0 Å². The number of imidazole rings is 1. The fraction of sp³-hybridized carbons (Fsp3) is 0.533. The molecule has 2 aromatic rings. The van der Waals surface area contributed by atoms with Crippen molar-refractivity contribution in [2.24, 2.45) is 0 Å². The van der Waals surface area contributed by atoms with Gasteiger partial charge in [0.15, 0.2) is 5.82 Å². The minimum Gasteiger partial charge on any atom is -0.369 e. The predicted octanol–water partition coefficient (Wildman–Crippen LogP) is 3.66. The van der Waals surface area contributed by atoms with E-state index < -0.39 is 0 Å². The number of nitrogens with one attached hydrogen (secondary N) is 1. The van der Waals surface area contributed by atoms with E-state index >= 15 is 0 Å². The monoisotopic (exact) mass is 397 g/mol. The summed E-state index contributed by atoms with van der Waals surface area (Å²) in [5.74, 6) is 1.73. The summed E-state index contributed by atoms with van der Waals surface area (Å²) in [7, 11) is 0. The molecule has 0 aromatic carbocycles. The number of anilines is 1. The summed E-state index contributed by atoms with van der Waals surface area (Å²) in [6.45, 7) is 5.13. The molecule has 3 rings (SSSR count). The van der Waals surface area contributed by atoms with Gasteiger partial charge in [0.1, 0.15) is 11.5 Å². The van der Waals surface area contributed by atoms with Crippen LogP contribution in [0.25, 0.3) is 11.5 Å². The van der Waals surface area contributed by atoms with E-state index in [1.165, 1.54) is 12.8 Å². The Morgan fingerprint density at radius 2 is 2.14 bits per heavy atom. The molecule has 0 spiro atoms. The highest BCUT2D eigenvalue weighted by Gasteiger charge is 2.27. The van der Waals surface area contributed by atoms with Crippen molar-refractivity contribution in [1.29, 1.82) is 0 Å². The number of hydrogen-bond acceptors (Lipinski definition) is 4. The van der Waals surface area contributed by atoms with Crippen LogP contribution in [0.3, 0.4) is 0 Å². The van der Waals surface area contributed by atoms with Crippen LogP contribution in [0, 0.1) is 3.57 Å². The van der Waals surface area contributed by atoms with E-state index in [0.29, 0.717) is 6.04 Å². The van der Waals surface area contributed by atoms with E-state index in [2.05, 4.69) is 51.3 Å². The molecule has 1 aliphatic carbocycles. The lowest BCUT2D eigenvalue weighted by Crippen LogP contribution is -2.09. The summed E-state index contributed by atoms with van der Waals surface area (Å²) in [6.07, 6.45) is 8.31. The minimum atomic E-state index is 0.586. The Bertz CT molecular complexity index is 606. The number of nitrogens with zero attached hydrogens (tertiary/aromatic N) is 4. The molecule has 0 aliphatic heterocycles. The Morgan fingerprint density at radius 3 is 2.81 bits per heavy atom. The third-order valence-corrected chi connectivity index (χ3v) is 4.72. The van der Waals surface area contributed by atoms with Crippen molar-refractivity contribution >= 4 is 28.4 Å². The van der Waals surface area contributed by atoms with E-state index in [-0.39, 0.29) is 0 Å². The largest absolute Gasteiger partial charge is 0.369 e. The van der Waals surface area contributed by atoms with Crippen LogP contribution in [-0.2, 0) is 6.42 Å². The second-order valence-electron chi connectivity index (χ2n) is 5.35. The van der Waals surface area contributed by atoms with Gasteiger partial charge in [-0.2, -0.15) is 0 Å². The molecule has 21 heavy (non-hydrogen) atoms. The highest BCUT2D eigenvalue weighted by atomic mass is 127. The van der Waals surface area contributed by atoms with Crippen molar-refractivity contribution in [3.63, 3.8) is 0 Å². The normalized spacial score (nSPS) is 14.4. The first-order valence-electron chi connectivity index (χ1n) is 7.57. The van der Waals surface area contributed by atoms with Crippen molar-refractivity contribution in [2.75, 3.05) is 11.9 Å². The molecular formula is C15H20IN5. The molecule has 1 fully saturated rings. The van der Waals surface area contributed by atoms with Gasteiger partial charge in [-0.05, 0) is 48.8 Å². The Kier molecular flexibility index (Phi) is 4.42. The lowest BCUT2D eigenvalue weighted by atomic mass is 10.2. The number of rotatable bonds is 6. The number of halogens is 1. The Labute approximate surface area is 138 Å². The van der Waals surface area contributed by atoms with Gasteiger partial charge in [0.25, 0.3) is 0 Å². The second-order valence-corrected chi connectivity index (χ2v) is 6.43. The molecule has 112 valence electrons. The standard InChI is InChI=1S/C15H20IN5/c1-3-5-11-13(16)15(18-4-2)20-14(19-11)12-8-17-9-21(12)10-6-7-10/h8-10H,3-7H2,1-2H3,(H,18,19,20). The zero-order valence-electron chi connectivity index (χ0n) is 12.4. The van der Waals surface area contributed by atoms with Crippen molar-refractivity contribution in [3.8, 4) is 11.5 Å². The van der Waals surface area contributed by atoms with E-state index in [9.17, 15) is 0 Å². The van der Waals surface area contributed by atoms with Gasteiger partial charge in [0.2, 0.25) is 0 Å². The molecular weight excluding hydrogens is 377 g/mol. The Hall–Kier alpha value is -1.18. The van der Waals surface area contributed by atoms with Crippen LogP contribution in [0.4, 0.5) is 5.82 Å². The molecule has 5 nitrogen and oxygen atoms in total. The van der Waals surface area contributed by atoms with E-state index in [1.54, 1.807) is 0 Å². The minimum absolute atomic E-state index is 0.586. The number of aromatic nitrogens is 4. The topological polar surface area (TPSA) is 55.6 Å². The van der Waals surface area contributed by atoms with Gasteiger partial charge < -0.3 is 9.88 Å². The van der Waals surface area contributed by atoms with Crippen molar-refractivity contribution in [1.82, 2.24) is 19.5 Å². The summed E-state index contributed by atoms with van der Waals surface area (Å²) in [6, 6.07) is 0.586. The van der Waals surface area contributed by atoms with Gasteiger partial charge in [-0.15, -0.1) is 0 Å². The smallest absolute Gasteiger partial charge is 0.180 e. The summed E-state index contributed by atoms with van der Waals surface area (Å²) in [5, 5.41) is 3.35. The SMILES string of the molecule is CCCc1nc(-c2cncn2C2CC2)nc(NCC)c1I. The molecule has 1 saturated carbocycles. The molecule has 0 atom stereocenters. The van der Waals surface area contributed by atoms with Crippen LogP contribution >= 0.6 is 22.6 Å². The first-order valence-corrected chi connectivity index (χ1v) is 8.65. The molecule has 0 bridgehead atoms. The van der Waals surface area contributed by atoms with E-state index in [0.717, 1.165) is 46.0 Å². The maximum atomic E-state index is 4.80. The summed E-state index contributed by atoms with van der Waals surface area (Å²) in [4.78, 5) is 13.8. The second kappa shape index (κ2) is 6.29. The van der Waals surface area contributed by atoms with Crippen LogP contribution in [0.15, 0.2) is 12.5 Å². The zero-order valence-corrected chi connectivity index (χ0v) is 14.6. The van der Waals surface area contributed by atoms with Gasteiger partial charge in [-0.1, -0.05) is 13.3 Å². The van der Waals surface area contributed by atoms with Crippen LogP contribution in [0.1, 0.15) is 44.8 Å². The van der Waals surface area contributed by atoms with Crippen LogP contribution < -0.4 is 5.32 Å². The maximum Gasteiger partial charge on any atom is 0.180 e. The fourth-order valence-corrected chi connectivity index (χ4v) is 3.12. The summed E-state index contributed by atoms with van der Waals surface area (Å²) >= 11 is 2.35. The van der Waals surface area contributed by atoms with Crippen LogP contribution in [0.5, 0.6) is 0 Å². The Balaban J connectivity index is 2.06. The first-order chi connectivity index (χ1) is 10.2. The van der Waals surface area contributed by atoms with Gasteiger partial charge >= 0.3 is 0 Å². The molecule has 0 amide bonds. The highest BCUT2D eigenvalue weighted by Crippen LogP contribution is 2.38. The third-order valence-electron chi connectivity index (χ3n) is 3.59. The highest BCUT2D eigenvalue weighted by molar-refractivity contribution is 14.1. The third kappa shape index (κ3) is 3.04. The van der Waals surface area contributed by atoms with Gasteiger partial charge in [-0.25, -0.2) is 15.0 Å². The maximum absolute atomic E-state index is 4.80. The number of hydrogen-bond donors (Lipinski definition) is 1. The summed E-state index contributed by atoms with van der Waals surface area (Å²) in [5.41, 5.74) is 2.16.